The number of halogens is 2. The molecule has 6 nitrogen and oxygen atoms in total. The number of aromatic nitrogens is 2. The highest BCUT2D eigenvalue weighted by atomic mass is 35.5. The van der Waals surface area contributed by atoms with Crippen molar-refractivity contribution < 1.29 is 12.8 Å². The van der Waals surface area contributed by atoms with Crippen molar-refractivity contribution in [3.05, 3.63) is 59.3 Å². The second kappa shape index (κ2) is 7.40. The van der Waals surface area contributed by atoms with E-state index in [1.165, 1.54) is 24.5 Å². The first-order chi connectivity index (χ1) is 12.7. The van der Waals surface area contributed by atoms with Gasteiger partial charge < -0.3 is 10.3 Å². The average Bonchev–Trinajstić information content (AvgIpc) is 2.86. The van der Waals surface area contributed by atoms with Gasteiger partial charge in [0.1, 0.15) is 10.7 Å². The summed E-state index contributed by atoms with van der Waals surface area (Å²) in [6, 6.07) is 6.71. The number of benzene rings is 1. The Hall–Kier alpha value is -2.26. The standard InChI is InChI=1S/C18H18ClFN4O2S/c1-11-18(12-6-15(9-23-8-12)27(22,25)26)16-7-13(19)2-3-17(16)24(11)10-14(20)4-5-21/h2-4,6-9H,5,10,21H2,1H3,(H2,22,25,26). The largest absolute Gasteiger partial charge is 0.337 e. The summed E-state index contributed by atoms with van der Waals surface area (Å²) in [6.45, 7) is 1.93. The summed E-state index contributed by atoms with van der Waals surface area (Å²) in [5.41, 5.74) is 8.15. The Morgan fingerprint density at radius 2 is 2.07 bits per heavy atom. The molecule has 0 saturated heterocycles. The minimum Gasteiger partial charge on any atom is -0.337 e. The Labute approximate surface area is 161 Å². The number of sulfonamides is 1. The van der Waals surface area contributed by atoms with Crippen molar-refractivity contribution in [1.29, 1.82) is 0 Å². The fraction of sp³-hybridized carbons (Fsp3) is 0.167. The number of rotatable bonds is 5. The molecule has 0 spiro atoms. The van der Waals surface area contributed by atoms with Gasteiger partial charge in [-0.1, -0.05) is 11.6 Å². The summed E-state index contributed by atoms with van der Waals surface area (Å²) in [6.07, 6.45) is 4.03. The van der Waals surface area contributed by atoms with Gasteiger partial charge in [0, 0.05) is 51.7 Å². The maximum Gasteiger partial charge on any atom is 0.239 e. The van der Waals surface area contributed by atoms with Gasteiger partial charge in [-0.2, -0.15) is 0 Å². The first-order valence-electron chi connectivity index (χ1n) is 8.03. The fourth-order valence-electron chi connectivity index (χ4n) is 3.08. The van der Waals surface area contributed by atoms with Gasteiger partial charge in [0.05, 0.1) is 6.54 Å². The quantitative estimate of drug-likeness (QED) is 0.676. The third-order valence-electron chi connectivity index (χ3n) is 4.26. The van der Waals surface area contributed by atoms with Crippen LogP contribution in [0.25, 0.3) is 22.0 Å². The molecule has 0 aliphatic carbocycles. The summed E-state index contributed by atoms with van der Waals surface area (Å²) >= 11 is 6.16. The van der Waals surface area contributed by atoms with Crippen molar-refractivity contribution in [2.45, 2.75) is 18.4 Å². The molecule has 0 atom stereocenters. The van der Waals surface area contributed by atoms with Crippen LogP contribution in [0.4, 0.5) is 4.39 Å². The van der Waals surface area contributed by atoms with Gasteiger partial charge in [-0.3, -0.25) is 4.98 Å². The summed E-state index contributed by atoms with van der Waals surface area (Å²) in [7, 11) is -3.91. The van der Waals surface area contributed by atoms with Gasteiger partial charge in [0.2, 0.25) is 10.0 Å². The maximum absolute atomic E-state index is 14.1. The summed E-state index contributed by atoms with van der Waals surface area (Å²) < 4.78 is 39.3. The Bertz CT molecular complexity index is 1160. The van der Waals surface area contributed by atoms with Crippen LogP contribution in [-0.4, -0.2) is 24.5 Å². The van der Waals surface area contributed by atoms with Crippen LogP contribution in [0, 0.1) is 6.92 Å². The molecule has 0 unspecified atom stereocenters. The number of hydrogen-bond acceptors (Lipinski definition) is 4. The molecule has 0 amide bonds. The molecule has 0 fully saturated rings. The van der Waals surface area contributed by atoms with E-state index in [1.54, 1.807) is 22.8 Å². The second-order valence-corrected chi connectivity index (χ2v) is 8.05. The SMILES string of the molecule is Cc1c(-c2cncc(S(N)(=O)=O)c2)c2cc(Cl)ccc2n1CC(F)=CCN. The Balaban J connectivity index is 2.29. The molecule has 2 aromatic heterocycles. The lowest BCUT2D eigenvalue weighted by atomic mass is 10.0. The van der Waals surface area contributed by atoms with Gasteiger partial charge in [0.25, 0.3) is 0 Å². The average molecular weight is 409 g/mol. The van der Waals surface area contributed by atoms with Crippen LogP contribution < -0.4 is 10.9 Å². The van der Waals surface area contributed by atoms with Crippen molar-refractivity contribution >= 4 is 32.5 Å². The zero-order valence-corrected chi connectivity index (χ0v) is 16.1. The predicted octanol–water partition coefficient (Wildman–Crippen LogP) is 3.12. The summed E-state index contributed by atoms with van der Waals surface area (Å²) in [4.78, 5) is 3.89. The molecule has 3 rings (SSSR count). The fourth-order valence-corrected chi connectivity index (χ4v) is 3.75. The number of fused-ring (bicyclic) bond motifs is 1. The zero-order chi connectivity index (χ0) is 19.8. The van der Waals surface area contributed by atoms with Crippen LogP contribution in [-0.2, 0) is 16.6 Å². The van der Waals surface area contributed by atoms with Gasteiger partial charge in [0.15, 0.2) is 0 Å². The van der Waals surface area contributed by atoms with Crippen molar-refractivity contribution in [2.24, 2.45) is 10.9 Å². The molecular formula is C18H18ClFN4O2S. The van der Waals surface area contributed by atoms with Gasteiger partial charge in [-0.05, 0) is 37.3 Å². The number of allylic oxidation sites excluding steroid dienone is 1. The number of hydrogen-bond donors (Lipinski definition) is 2. The molecule has 9 heteroatoms. The molecule has 1 aromatic carbocycles. The van der Waals surface area contributed by atoms with Crippen LogP contribution >= 0.6 is 11.6 Å². The number of nitrogens with two attached hydrogens (primary N) is 2. The lowest BCUT2D eigenvalue weighted by Gasteiger charge is -2.08. The molecule has 0 bridgehead atoms. The first-order valence-corrected chi connectivity index (χ1v) is 9.96. The van der Waals surface area contributed by atoms with E-state index in [0.29, 0.717) is 16.1 Å². The molecule has 142 valence electrons. The van der Waals surface area contributed by atoms with E-state index in [2.05, 4.69) is 4.98 Å². The van der Waals surface area contributed by atoms with Crippen LogP contribution in [0.3, 0.4) is 0 Å². The Morgan fingerprint density at radius 3 is 2.74 bits per heavy atom. The van der Waals surface area contributed by atoms with Crippen molar-refractivity contribution in [3.8, 4) is 11.1 Å². The number of nitrogens with zero attached hydrogens (tertiary/aromatic N) is 2. The summed E-state index contributed by atoms with van der Waals surface area (Å²) in [5, 5.41) is 6.49. The predicted molar refractivity (Wildman–Crippen MR) is 105 cm³/mol. The molecule has 0 aliphatic rings. The highest BCUT2D eigenvalue weighted by molar-refractivity contribution is 7.89. The molecular weight excluding hydrogens is 391 g/mol. The lowest BCUT2D eigenvalue weighted by molar-refractivity contribution is 0.555. The zero-order valence-electron chi connectivity index (χ0n) is 14.5. The Morgan fingerprint density at radius 1 is 1.33 bits per heavy atom. The van der Waals surface area contributed by atoms with Crippen molar-refractivity contribution in [1.82, 2.24) is 9.55 Å². The maximum atomic E-state index is 14.1. The van der Waals surface area contributed by atoms with Gasteiger partial charge >= 0.3 is 0 Å². The smallest absolute Gasteiger partial charge is 0.239 e. The highest BCUT2D eigenvalue weighted by Crippen LogP contribution is 2.36. The van der Waals surface area contributed by atoms with E-state index < -0.39 is 10.0 Å². The van der Waals surface area contributed by atoms with Gasteiger partial charge in [-0.15, -0.1) is 0 Å². The van der Waals surface area contributed by atoms with Crippen molar-refractivity contribution in [2.75, 3.05) is 6.54 Å². The van der Waals surface area contributed by atoms with Crippen LogP contribution in [0.5, 0.6) is 0 Å². The Kier molecular flexibility index (Phi) is 5.34. The first kappa shape index (κ1) is 19.5. The minimum atomic E-state index is -3.91. The molecule has 0 saturated carbocycles. The summed E-state index contributed by atoms with van der Waals surface area (Å²) in [5.74, 6) is -0.365. The van der Waals surface area contributed by atoms with E-state index in [-0.39, 0.29) is 23.8 Å². The van der Waals surface area contributed by atoms with E-state index in [1.807, 2.05) is 6.92 Å². The van der Waals surface area contributed by atoms with Crippen molar-refractivity contribution in [3.63, 3.8) is 0 Å². The van der Waals surface area contributed by atoms with E-state index in [9.17, 15) is 12.8 Å². The molecule has 3 aromatic rings. The number of pyridine rings is 1. The topological polar surface area (TPSA) is 104 Å². The third-order valence-corrected chi connectivity index (χ3v) is 5.38. The normalized spacial score (nSPS) is 12.7. The third kappa shape index (κ3) is 3.89. The molecule has 27 heavy (non-hydrogen) atoms. The molecule has 0 radical (unpaired) electrons. The van der Waals surface area contributed by atoms with Crippen LogP contribution in [0.15, 0.2) is 53.5 Å². The minimum absolute atomic E-state index is 0.00344. The monoisotopic (exact) mass is 408 g/mol. The van der Waals surface area contributed by atoms with Gasteiger partial charge in [-0.25, -0.2) is 17.9 Å². The molecule has 4 N–H and O–H groups in total. The highest BCUT2D eigenvalue weighted by Gasteiger charge is 2.19. The molecule has 0 aliphatic heterocycles. The second-order valence-electron chi connectivity index (χ2n) is 6.05. The van der Waals surface area contributed by atoms with E-state index in [0.717, 1.165) is 16.6 Å². The van der Waals surface area contributed by atoms with Crippen LogP contribution in [0.1, 0.15) is 5.69 Å². The lowest BCUT2D eigenvalue weighted by Crippen LogP contribution is -2.12. The van der Waals surface area contributed by atoms with Crippen LogP contribution in [0.2, 0.25) is 5.02 Å². The number of primary sulfonamides is 1. The van der Waals surface area contributed by atoms with E-state index >= 15 is 0 Å². The van der Waals surface area contributed by atoms with E-state index in [4.69, 9.17) is 22.5 Å². The molecule has 2 heterocycles.